The molecule has 5 nitrogen and oxygen atoms in total. The van der Waals surface area contributed by atoms with E-state index in [1.54, 1.807) is 12.3 Å². The van der Waals surface area contributed by atoms with E-state index < -0.39 is 0 Å². The van der Waals surface area contributed by atoms with Crippen LogP contribution < -0.4 is 0 Å². The first kappa shape index (κ1) is 15.7. The van der Waals surface area contributed by atoms with Crippen molar-refractivity contribution >= 4 is 17.5 Å². The van der Waals surface area contributed by atoms with Gasteiger partial charge in [-0.15, -0.1) is 0 Å². The Morgan fingerprint density at radius 1 is 1.23 bits per heavy atom. The molecule has 0 spiro atoms. The van der Waals surface area contributed by atoms with Crippen molar-refractivity contribution in [1.82, 2.24) is 14.8 Å². The second kappa shape index (κ2) is 7.40. The van der Waals surface area contributed by atoms with Crippen LogP contribution in [-0.2, 0) is 4.74 Å². The highest BCUT2D eigenvalue weighted by Gasteiger charge is 2.26. The minimum absolute atomic E-state index is 0.0150. The first-order valence-corrected chi connectivity index (χ1v) is 8.34. The first-order valence-electron chi connectivity index (χ1n) is 7.96. The van der Waals surface area contributed by atoms with Crippen LogP contribution in [0.2, 0.25) is 5.02 Å². The van der Waals surface area contributed by atoms with E-state index in [1.165, 1.54) is 6.20 Å². The average molecular weight is 324 g/mol. The Bertz CT molecular complexity index is 520. The Kier molecular flexibility index (Phi) is 5.28. The predicted octanol–water partition coefficient (Wildman–Crippen LogP) is 2.06. The molecule has 2 saturated heterocycles. The molecule has 0 radical (unpaired) electrons. The van der Waals surface area contributed by atoms with Gasteiger partial charge in [0, 0.05) is 57.8 Å². The van der Waals surface area contributed by atoms with E-state index in [0.717, 1.165) is 58.7 Å². The molecule has 3 rings (SSSR count). The lowest BCUT2D eigenvalue weighted by Gasteiger charge is -2.33. The molecule has 6 heteroatoms. The third kappa shape index (κ3) is 3.59. The molecular formula is C16H22ClN3O2. The summed E-state index contributed by atoms with van der Waals surface area (Å²) >= 11 is 6.10. The standard InChI is InChI=1S/C16H22ClN3O2/c17-15-12-18-5-2-14(15)16(21)20-7-1-6-19(8-9-20)13-3-10-22-11-4-13/h2,5,12-13H,1,3-4,6-11H2. The smallest absolute Gasteiger partial charge is 0.255 e. The van der Waals surface area contributed by atoms with Gasteiger partial charge in [-0.25, -0.2) is 0 Å². The molecule has 1 amide bonds. The summed E-state index contributed by atoms with van der Waals surface area (Å²) in [6.45, 7) is 5.25. The van der Waals surface area contributed by atoms with E-state index >= 15 is 0 Å². The van der Waals surface area contributed by atoms with Crippen molar-refractivity contribution in [3.8, 4) is 0 Å². The fourth-order valence-electron chi connectivity index (χ4n) is 3.27. The van der Waals surface area contributed by atoms with Gasteiger partial charge < -0.3 is 9.64 Å². The van der Waals surface area contributed by atoms with Crippen molar-refractivity contribution in [3.63, 3.8) is 0 Å². The lowest BCUT2D eigenvalue weighted by Crippen LogP contribution is -2.42. The third-order valence-corrected chi connectivity index (χ3v) is 4.83. The Labute approximate surface area is 136 Å². The molecule has 3 heterocycles. The fourth-order valence-corrected chi connectivity index (χ4v) is 3.48. The van der Waals surface area contributed by atoms with Crippen molar-refractivity contribution in [2.75, 3.05) is 39.4 Å². The molecule has 2 aliphatic rings. The topological polar surface area (TPSA) is 45.7 Å². The van der Waals surface area contributed by atoms with E-state index in [9.17, 15) is 4.79 Å². The van der Waals surface area contributed by atoms with Gasteiger partial charge in [-0.2, -0.15) is 0 Å². The maximum atomic E-state index is 12.6. The summed E-state index contributed by atoms with van der Waals surface area (Å²) < 4.78 is 5.44. The number of halogens is 1. The maximum absolute atomic E-state index is 12.6. The maximum Gasteiger partial charge on any atom is 0.255 e. The van der Waals surface area contributed by atoms with E-state index in [1.807, 2.05) is 4.90 Å². The largest absolute Gasteiger partial charge is 0.381 e. The Morgan fingerprint density at radius 3 is 2.82 bits per heavy atom. The molecule has 0 atom stereocenters. The van der Waals surface area contributed by atoms with Gasteiger partial charge in [0.1, 0.15) is 0 Å². The zero-order valence-electron chi connectivity index (χ0n) is 12.7. The summed E-state index contributed by atoms with van der Waals surface area (Å²) in [7, 11) is 0. The van der Waals surface area contributed by atoms with Gasteiger partial charge in [0.2, 0.25) is 0 Å². The summed E-state index contributed by atoms with van der Waals surface area (Å²) in [6, 6.07) is 2.31. The average Bonchev–Trinajstić information content (AvgIpc) is 2.81. The second-order valence-corrected chi connectivity index (χ2v) is 6.29. The van der Waals surface area contributed by atoms with Gasteiger partial charge >= 0.3 is 0 Å². The molecule has 0 unspecified atom stereocenters. The van der Waals surface area contributed by atoms with Crippen molar-refractivity contribution in [3.05, 3.63) is 29.0 Å². The molecule has 22 heavy (non-hydrogen) atoms. The normalized spacial score (nSPS) is 21.6. The fraction of sp³-hybridized carbons (Fsp3) is 0.625. The van der Waals surface area contributed by atoms with E-state index in [-0.39, 0.29) is 5.91 Å². The van der Waals surface area contributed by atoms with Crippen LogP contribution >= 0.6 is 11.6 Å². The number of nitrogens with zero attached hydrogens (tertiary/aromatic N) is 3. The summed E-state index contributed by atoms with van der Waals surface area (Å²) in [4.78, 5) is 21.0. The summed E-state index contributed by atoms with van der Waals surface area (Å²) in [6.07, 6.45) is 6.35. The number of hydrogen-bond donors (Lipinski definition) is 0. The molecule has 1 aromatic heterocycles. The summed E-state index contributed by atoms with van der Waals surface area (Å²) in [5, 5.41) is 0.429. The number of carbonyl (C=O) groups is 1. The minimum Gasteiger partial charge on any atom is -0.381 e. The van der Waals surface area contributed by atoms with Crippen LogP contribution in [0.25, 0.3) is 0 Å². The Balaban J connectivity index is 1.62. The first-order chi connectivity index (χ1) is 10.8. The number of pyridine rings is 1. The van der Waals surface area contributed by atoms with Crippen LogP contribution in [-0.4, -0.2) is 66.1 Å². The van der Waals surface area contributed by atoms with Crippen molar-refractivity contribution < 1.29 is 9.53 Å². The third-order valence-electron chi connectivity index (χ3n) is 4.53. The molecule has 120 valence electrons. The molecule has 2 aliphatic heterocycles. The quantitative estimate of drug-likeness (QED) is 0.836. The van der Waals surface area contributed by atoms with Crippen molar-refractivity contribution in [2.45, 2.75) is 25.3 Å². The summed E-state index contributed by atoms with van der Waals surface area (Å²) in [5.41, 5.74) is 0.552. The van der Waals surface area contributed by atoms with Gasteiger partial charge in [0.15, 0.2) is 0 Å². The molecular weight excluding hydrogens is 302 g/mol. The number of amides is 1. The van der Waals surface area contributed by atoms with Crippen LogP contribution in [0.1, 0.15) is 29.6 Å². The number of ether oxygens (including phenoxy) is 1. The van der Waals surface area contributed by atoms with Gasteiger partial charge in [0.25, 0.3) is 5.91 Å². The summed E-state index contributed by atoms with van der Waals surface area (Å²) in [5.74, 6) is 0.0150. The van der Waals surface area contributed by atoms with Gasteiger partial charge in [-0.3, -0.25) is 14.7 Å². The predicted molar refractivity (Wildman–Crippen MR) is 85.2 cm³/mol. The van der Waals surface area contributed by atoms with E-state index in [0.29, 0.717) is 16.6 Å². The Hall–Kier alpha value is -1.17. The minimum atomic E-state index is 0.0150. The monoisotopic (exact) mass is 323 g/mol. The van der Waals surface area contributed by atoms with Crippen LogP contribution in [0.4, 0.5) is 0 Å². The molecule has 0 aromatic carbocycles. The molecule has 2 fully saturated rings. The number of aromatic nitrogens is 1. The molecule has 0 aliphatic carbocycles. The lowest BCUT2D eigenvalue weighted by molar-refractivity contribution is 0.0351. The van der Waals surface area contributed by atoms with Crippen LogP contribution in [0.5, 0.6) is 0 Å². The zero-order valence-corrected chi connectivity index (χ0v) is 13.5. The van der Waals surface area contributed by atoms with Gasteiger partial charge in [-0.1, -0.05) is 11.6 Å². The lowest BCUT2D eigenvalue weighted by atomic mass is 10.1. The number of carbonyl (C=O) groups excluding carboxylic acids is 1. The molecule has 0 bridgehead atoms. The Morgan fingerprint density at radius 2 is 2.05 bits per heavy atom. The number of hydrogen-bond acceptors (Lipinski definition) is 4. The number of rotatable bonds is 2. The SMILES string of the molecule is O=C(c1ccncc1Cl)N1CCCN(C2CCOCC2)CC1. The van der Waals surface area contributed by atoms with Crippen LogP contribution in [0, 0.1) is 0 Å². The van der Waals surface area contributed by atoms with Gasteiger partial charge in [-0.05, 0) is 25.3 Å². The highest BCUT2D eigenvalue weighted by molar-refractivity contribution is 6.33. The van der Waals surface area contributed by atoms with E-state index in [2.05, 4.69) is 9.88 Å². The van der Waals surface area contributed by atoms with Crippen molar-refractivity contribution in [1.29, 1.82) is 0 Å². The van der Waals surface area contributed by atoms with Gasteiger partial charge in [0.05, 0.1) is 10.6 Å². The van der Waals surface area contributed by atoms with Crippen LogP contribution in [0.3, 0.4) is 0 Å². The zero-order chi connectivity index (χ0) is 15.4. The van der Waals surface area contributed by atoms with Crippen molar-refractivity contribution in [2.24, 2.45) is 0 Å². The molecule has 0 saturated carbocycles. The van der Waals surface area contributed by atoms with Crippen LogP contribution in [0.15, 0.2) is 18.5 Å². The molecule has 1 aromatic rings. The second-order valence-electron chi connectivity index (χ2n) is 5.88. The van der Waals surface area contributed by atoms with E-state index in [4.69, 9.17) is 16.3 Å². The molecule has 0 N–H and O–H groups in total. The highest BCUT2D eigenvalue weighted by atomic mass is 35.5. The highest BCUT2D eigenvalue weighted by Crippen LogP contribution is 2.19.